The summed E-state index contributed by atoms with van der Waals surface area (Å²) in [7, 11) is 1.77. The molecule has 0 aliphatic rings. The van der Waals surface area contributed by atoms with Gasteiger partial charge in [-0.15, -0.1) is 0 Å². The average Bonchev–Trinajstić information content (AvgIpc) is 3.44. The van der Waals surface area contributed by atoms with Gasteiger partial charge in [0.05, 0.1) is 6.20 Å². The van der Waals surface area contributed by atoms with Crippen LogP contribution < -0.4 is 26.6 Å². The van der Waals surface area contributed by atoms with Gasteiger partial charge in [0.25, 0.3) is 0 Å². The summed E-state index contributed by atoms with van der Waals surface area (Å²) in [6.45, 7) is 10.2. The lowest BCUT2D eigenvalue weighted by molar-refractivity contribution is -0.126. The third kappa shape index (κ3) is 11.6. The molecule has 0 aliphatic carbocycles. The summed E-state index contributed by atoms with van der Waals surface area (Å²) in [6.07, 6.45) is 0.673. The van der Waals surface area contributed by atoms with Gasteiger partial charge in [-0.3, -0.25) is 14.3 Å². The molecular weight excluding hydrogens is 674 g/mol. The standard InChI is InChI=1S/C40H51N7O6/c1-38(2,3)52-36(50)41-25-17-24-31(44-33(48)27-42-37(51)53-39(4,5)6)35(49)45-32-26-43-47(7)34(32)46-40(28-18-11-8-12-19-28,29-20-13-9-14-21-29)30-22-15-10-16-23-30/h8-16,18-23,26,31,46H,17,24-25,27H2,1-7H3,(H,41,50)(H,42,51)(H,44,48)(H,45,49)/t31-/m0/s1. The van der Waals surface area contributed by atoms with Crippen LogP contribution in [0.15, 0.2) is 97.2 Å². The first-order valence-electron chi connectivity index (χ1n) is 17.6. The minimum absolute atomic E-state index is 0.158. The zero-order valence-electron chi connectivity index (χ0n) is 31.5. The molecule has 5 N–H and O–H groups in total. The van der Waals surface area contributed by atoms with Gasteiger partial charge >= 0.3 is 12.2 Å². The van der Waals surface area contributed by atoms with E-state index >= 15 is 0 Å². The zero-order valence-corrected chi connectivity index (χ0v) is 31.5. The van der Waals surface area contributed by atoms with E-state index < -0.39 is 53.3 Å². The minimum Gasteiger partial charge on any atom is -0.444 e. The fourth-order valence-electron chi connectivity index (χ4n) is 5.65. The van der Waals surface area contributed by atoms with Crippen molar-refractivity contribution in [1.82, 2.24) is 25.7 Å². The van der Waals surface area contributed by atoms with Gasteiger partial charge < -0.3 is 36.1 Å². The van der Waals surface area contributed by atoms with E-state index in [2.05, 4.69) is 31.7 Å². The Labute approximate surface area is 311 Å². The van der Waals surface area contributed by atoms with Crippen LogP contribution in [0.5, 0.6) is 0 Å². The van der Waals surface area contributed by atoms with Crippen molar-refractivity contribution in [3.05, 3.63) is 114 Å². The van der Waals surface area contributed by atoms with Gasteiger partial charge in [0.15, 0.2) is 0 Å². The molecule has 4 rings (SSSR count). The number of hydrogen-bond donors (Lipinski definition) is 5. The number of aryl methyl sites for hydroxylation is 1. The smallest absolute Gasteiger partial charge is 0.408 e. The van der Waals surface area contributed by atoms with Crippen molar-refractivity contribution >= 4 is 35.5 Å². The first-order chi connectivity index (χ1) is 25.1. The third-order valence-corrected chi connectivity index (χ3v) is 7.90. The van der Waals surface area contributed by atoms with E-state index in [4.69, 9.17) is 9.47 Å². The van der Waals surface area contributed by atoms with E-state index in [1.807, 2.05) is 91.0 Å². The largest absolute Gasteiger partial charge is 0.444 e. The minimum atomic E-state index is -1.04. The third-order valence-electron chi connectivity index (χ3n) is 7.90. The normalized spacial score (nSPS) is 12.2. The first-order valence-corrected chi connectivity index (χ1v) is 17.6. The molecule has 0 saturated carbocycles. The van der Waals surface area contributed by atoms with Crippen LogP contribution in [0.1, 0.15) is 71.1 Å². The highest BCUT2D eigenvalue weighted by Gasteiger charge is 2.38. The fourth-order valence-corrected chi connectivity index (χ4v) is 5.65. The number of nitrogens with one attached hydrogen (secondary N) is 5. The molecule has 13 heteroatoms. The maximum atomic E-state index is 14.0. The van der Waals surface area contributed by atoms with Crippen LogP contribution in [-0.4, -0.2) is 64.1 Å². The van der Waals surface area contributed by atoms with Crippen LogP contribution in [0.2, 0.25) is 0 Å². The first kappa shape index (κ1) is 39.9. The highest BCUT2D eigenvalue weighted by atomic mass is 16.6. The second kappa shape index (κ2) is 17.6. The summed E-state index contributed by atoms with van der Waals surface area (Å²) < 4.78 is 12.2. The van der Waals surface area contributed by atoms with Crippen molar-refractivity contribution in [3.63, 3.8) is 0 Å². The van der Waals surface area contributed by atoms with Gasteiger partial charge in [0, 0.05) is 13.6 Å². The molecule has 1 aromatic heterocycles. The van der Waals surface area contributed by atoms with Gasteiger partial charge in [0.1, 0.15) is 40.8 Å². The molecule has 0 radical (unpaired) electrons. The SMILES string of the molecule is Cn1ncc(NC(=O)[C@H](CCCNC(=O)OC(C)(C)C)NC(=O)CNC(=O)OC(C)(C)C)c1NC(c1ccccc1)(c1ccccc1)c1ccccc1. The number of benzene rings is 3. The van der Waals surface area contributed by atoms with Crippen molar-refractivity contribution in [3.8, 4) is 0 Å². The number of carbonyl (C=O) groups excluding carboxylic acids is 4. The summed E-state index contributed by atoms with van der Waals surface area (Å²) in [5.41, 5.74) is 0.908. The van der Waals surface area contributed by atoms with Gasteiger partial charge in [-0.1, -0.05) is 91.0 Å². The topological polar surface area (TPSA) is 165 Å². The Bertz CT molecular complexity index is 1720. The lowest BCUT2D eigenvalue weighted by Crippen LogP contribution is -2.48. The van der Waals surface area contributed by atoms with E-state index in [9.17, 15) is 19.2 Å². The number of anilines is 2. The highest BCUT2D eigenvalue weighted by Crippen LogP contribution is 2.41. The van der Waals surface area contributed by atoms with Gasteiger partial charge in [0.2, 0.25) is 11.8 Å². The predicted molar refractivity (Wildman–Crippen MR) is 204 cm³/mol. The molecule has 0 fully saturated rings. The fraction of sp³-hybridized carbons (Fsp3) is 0.375. The van der Waals surface area contributed by atoms with Crippen LogP contribution >= 0.6 is 0 Å². The number of ether oxygens (including phenoxy) is 2. The van der Waals surface area contributed by atoms with Crippen LogP contribution in [0.3, 0.4) is 0 Å². The molecule has 0 saturated heterocycles. The second-order valence-electron chi connectivity index (χ2n) is 14.5. The molecule has 1 heterocycles. The molecule has 0 aliphatic heterocycles. The van der Waals surface area contributed by atoms with Crippen molar-refractivity contribution in [1.29, 1.82) is 0 Å². The lowest BCUT2D eigenvalue weighted by atomic mass is 9.77. The summed E-state index contributed by atoms with van der Waals surface area (Å²) >= 11 is 0. The maximum absolute atomic E-state index is 14.0. The number of carbonyl (C=O) groups is 4. The van der Waals surface area contributed by atoms with Crippen molar-refractivity contribution in [2.75, 3.05) is 23.7 Å². The monoisotopic (exact) mass is 725 g/mol. The van der Waals surface area contributed by atoms with Crippen molar-refractivity contribution in [2.24, 2.45) is 7.05 Å². The Hall–Kier alpha value is -5.85. The molecule has 4 amide bonds. The molecule has 53 heavy (non-hydrogen) atoms. The molecule has 0 spiro atoms. The molecule has 282 valence electrons. The second-order valence-corrected chi connectivity index (χ2v) is 14.5. The summed E-state index contributed by atoms with van der Waals surface area (Å²) in [4.78, 5) is 51.5. The molecule has 0 unspecified atom stereocenters. The van der Waals surface area contributed by atoms with E-state index in [1.165, 1.54) is 0 Å². The average molecular weight is 726 g/mol. The Balaban J connectivity index is 1.61. The lowest BCUT2D eigenvalue weighted by Gasteiger charge is -2.38. The number of amides is 4. The summed E-state index contributed by atoms with van der Waals surface area (Å²) in [6, 6.07) is 29.0. The van der Waals surface area contributed by atoms with Crippen LogP contribution in [0.25, 0.3) is 0 Å². The molecule has 4 aromatic rings. The Morgan fingerprint density at radius 2 is 1.19 bits per heavy atom. The van der Waals surface area contributed by atoms with Crippen molar-refractivity contribution in [2.45, 2.75) is 77.2 Å². The number of rotatable bonds is 14. The van der Waals surface area contributed by atoms with Crippen molar-refractivity contribution < 1.29 is 28.7 Å². The summed E-state index contributed by atoms with van der Waals surface area (Å²) in [5, 5.41) is 19.0. The van der Waals surface area contributed by atoms with E-state index in [1.54, 1.807) is 59.5 Å². The zero-order chi connectivity index (χ0) is 38.6. The molecule has 0 bridgehead atoms. The number of aromatic nitrogens is 2. The Morgan fingerprint density at radius 1 is 0.717 bits per heavy atom. The molecule has 1 atom stereocenters. The summed E-state index contributed by atoms with van der Waals surface area (Å²) in [5.74, 6) is -0.608. The maximum Gasteiger partial charge on any atom is 0.408 e. The number of nitrogens with zero attached hydrogens (tertiary/aromatic N) is 2. The van der Waals surface area contributed by atoms with E-state index in [0.717, 1.165) is 16.7 Å². The quantitative estimate of drug-likeness (QED) is 0.0772. The Morgan fingerprint density at radius 3 is 1.66 bits per heavy atom. The van der Waals surface area contributed by atoms with Crippen LogP contribution in [0, 0.1) is 0 Å². The molecule has 3 aromatic carbocycles. The molecular formula is C40H51N7O6. The van der Waals surface area contributed by atoms with Crippen LogP contribution in [0.4, 0.5) is 21.1 Å². The Kier molecular flexibility index (Phi) is 13.2. The van der Waals surface area contributed by atoms with Gasteiger partial charge in [-0.2, -0.15) is 5.10 Å². The van der Waals surface area contributed by atoms with E-state index in [-0.39, 0.29) is 13.0 Å². The van der Waals surface area contributed by atoms with Gasteiger partial charge in [-0.25, -0.2) is 9.59 Å². The predicted octanol–water partition coefficient (Wildman–Crippen LogP) is 6.08. The molecule has 13 nitrogen and oxygen atoms in total. The highest BCUT2D eigenvalue weighted by molar-refractivity contribution is 5.99. The van der Waals surface area contributed by atoms with E-state index in [0.29, 0.717) is 17.9 Å². The van der Waals surface area contributed by atoms with Gasteiger partial charge in [-0.05, 0) is 71.1 Å². The number of hydrogen-bond acceptors (Lipinski definition) is 8. The number of alkyl carbamates (subject to hydrolysis) is 2. The van der Waals surface area contributed by atoms with Crippen LogP contribution in [-0.2, 0) is 31.6 Å².